The number of amides is 1. The fourth-order valence-electron chi connectivity index (χ4n) is 1.77. The third kappa shape index (κ3) is 2.35. The van der Waals surface area contributed by atoms with Gasteiger partial charge in [0.1, 0.15) is 11.0 Å². The summed E-state index contributed by atoms with van der Waals surface area (Å²) < 4.78 is 8.22. The molecule has 0 saturated heterocycles. The Kier molecular flexibility index (Phi) is 3.56. The predicted molar refractivity (Wildman–Crippen MR) is 81.8 cm³/mol. The maximum atomic E-state index is 12.2. The number of rotatable bonds is 2. The van der Waals surface area contributed by atoms with Crippen molar-refractivity contribution in [1.29, 1.82) is 0 Å². The smallest absolute Gasteiger partial charge is 0.255 e. The predicted octanol–water partition coefficient (Wildman–Crippen LogP) is 4.25. The van der Waals surface area contributed by atoms with Crippen LogP contribution < -0.4 is 5.32 Å². The van der Waals surface area contributed by atoms with Gasteiger partial charge >= 0.3 is 0 Å². The van der Waals surface area contributed by atoms with Gasteiger partial charge < -0.3 is 5.32 Å². The molecule has 0 saturated carbocycles. The standard InChI is InChI=1S/C13H7Cl2N3OS/c14-8-6-9(15)11-12(18-20-17-11)10(8)16-13(19)7-4-2-1-3-5-7/h1-6H,(H,16,19). The molecule has 0 atom stereocenters. The van der Waals surface area contributed by atoms with Crippen molar-refractivity contribution in [3.05, 3.63) is 52.0 Å². The maximum absolute atomic E-state index is 12.2. The molecular weight excluding hydrogens is 317 g/mol. The molecule has 0 radical (unpaired) electrons. The highest BCUT2D eigenvalue weighted by atomic mass is 35.5. The van der Waals surface area contributed by atoms with E-state index in [1.807, 2.05) is 6.07 Å². The summed E-state index contributed by atoms with van der Waals surface area (Å²) in [4.78, 5) is 12.2. The summed E-state index contributed by atoms with van der Waals surface area (Å²) in [5, 5.41) is 3.50. The lowest BCUT2D eigenvalue weighted by atomic mass is 10.2. The number of nitrogens with one attached hydrogen (secondary N) is 1. The van der Waals surface area contributed by atoms with Crippen molar-refractivity contribution in [2.24, 2.45) is 0 Å². The van der Waals surface area contributed by atoms with Gasteiger partial charge in [0, 0.05) is 5.56 Å². The van der Waals surface area contributed by atoms with E-state index in [-0.39, 0.29) is 5.91 Å². The molecule has 0 fully saturated rings. The van der Waals surface area contributed by atoms with Crippen LogP contribution in [0.2, 0.25) is 10.0 Å². The lowest BCUT2D eigenvalue weighted by Gasteiger charge is -2.08. The van der Waals surface area contributed by atoms with E-state index in [9.17, 15) is 4.79 Å². The molecule has 0 aliphatic rings. The number of carbonyl (C=O) groups excluding carboxylic acids is 1. The molecule has 1 N–H and O–H groups in total. The van der Waals surface area contributed by atoms with Gasteiger partial charge in [-0.3, -0.25) is 4.79 Å². The Hall–Kier alpha value is -1.69. The summed E-state index contributed by atoms with van der Waals surface area (Å²) in [5.74, 6) is -0.260. The van der Waals surface area contributed by atoms with Crippen LogP contribution in [-0.4, -0.2) is 14.7 Å². The fraction of sp³-hybridized carbons (Fsp3) is 0. The number of aromatic nitrogens is 2. The fourth-order valence-corrected chi connectivity index (χ4v) is 2.93. The normalized spacial score (nSPS) is 10.7. The van der Waals surface area contributed by atoms with Gasteiger partial charge in [0.15, 0.2) is 0 Å². The largest absolute Gasteiger partial charge is 0.319 e. The Balaban J connectivity index is 2.03. The minimum absolute atomic E-state index is 0.260. The Bertz CT molecular complexity index is 789. The zero-order valence-corrected chi connectivity index (χ0v) is 12.3. The maximum Gasteiger partial charge on any atom is 0.255 e. The Morgan fingerprint density at radius 3 is 2.50 bits per heavy atom. The van der Waals surface area contributed by atoms with Crippen molar-refractivity contribution >= 4 is 57.6 Å². The first-order valence-electron chi connectivity index (χ1n) is 5.63. The first kappa shape index (κ1) is 13.3. The van der Waals surface area contributed by atoms with Crippen LogP contribution in [0.1, 0.15) is 10.4 Å². The molecule has 1 aromatic heterocycles. The quantitative estimate of drug-likeness (QED) is 0.767. The first-order chi connectivity index (χ1) is 9.66. The van der Waals surface area contributed by atoms with Crippen LogP contribution in [0, 0.1) is 0 Å². The second kappa shape index (κ2) is 5.36. The number of hydrogen-bond acceptors (Lipinski definition) is 4. The van der Waals surface area contributed by atoms with Crippen molar-refractivity contribution < 1.29 is 4.79 Å². The molecule has 3 aromatic rings. The van der Waals surface area contributed by atoms with Crippen molar-refractivity contribution in [3.63, 3.8) is 0 Å². The van der Waals surface area contributed by atoms with E-state index in [0.29, 0.717) is 32.3 Å². The van der Waals surface area contributed by atoms with Gasteiger partial charge in [-0.15, -0.1) is 0 Å². The molecule has 2 aromatic carbocycles. The Morgan fingerprint density at radius 1 is 1.05 bits per heavy atom. The van der Waals surface area contributed by atoms with Crippen LogP contribution in [0.25, 0.3) is 11.0 Å². The van der Waals surface area contributed by atoms with Gasteiger partial charge in [0.05, 0.1) is 27.5 Å². The highest BCUT2D eigenvalue weighted by Gasteiger charge is 2.16. The molecule has 1 heterocycles. The van der Waals surface area contributed by atoms with Crippen LogP contribution in [0.3, 0.4) is 0 Å². The second-order valence-electron chi connectivity index (χ2n) is 4.00. The summed E-state index contributed by atoms with van der Waals surface area (Å²) in [6, 6.07) is 10.4. The molecule has 0 aliphatic heterocycles. The van der Waals surface area contributed by atoms with Crippen LogP contribution in [-0.2, 0) is 0 Å². The van der Waals surface area contributed by atoms with Crippen molar-refractivity contribution in [1.82, 2.24) is 8.75 Å². The van der Waals surface area contributed by atoms with Crippen molar-refractivity contribution in [2.45, 2.75) is 0 Å². The molecule has 1 amide bonds. The van der Waals surface area contributed by atoms with Gasteiger partial charge in [-0.25, -0.2) is 0 Å². The van der Waals surface area contributed by atoms with Gasteiger partial charge in [0.2, 0.25) is 0 Å². The molecule has 0 aliphatic carbocycles. The van der Waals surface area contributed by atoms with E-state index >= 15 is 0 Å². The third-order valence-corrected chi connectivity index (χ3v) is 3.83. The average Bonchev–Trinajstić information content (AvgIpc) is 2.94. The van der Waals surface area contributed by atoms with Crippen molar-refractivity contribution in [3.8, 4) is 0 Å². The summed E-state index contributed by atoms with van der Waals surface area (Å²) in [6.07, 6.45) is 0. The highest BCUT2D eigenvalue weighted by molar-refractivity contribution is 7.00. The number of anilines is 1. The van der Waals surface area contributed by atoms with E-state index in [0.717, 1.165) is 11.7 Å². The van der Waals surface area contributed by atoms with Crippen LogP contribution in [0.4, 0.5) is 5.69 Å². The molecule has 0 bridgehead atoms. The van der Waals surface area contributed by atoms with Gasteiger partial charge in [-0.2, -0.15) is 8.75 Å². The lowest BCUT2D eigenvalue weighted by molar-refractivity contribution is 0.102. The molecule has 0 spiro atoms. The number of nitrogens with zero attached hydrogens (tertiary/aromatic N) is 2. The second-order valence-corrected chi connectivity index (χ2v) is 5.34. The average molecular weight is 324 g/mol. The SMILES string of the molecule is O=C(Nc1c(Cl)cc(Cl)c2nsnc12)c1ccccc1. The number of benzene rings is 2. The Labute approximate surface area is 128 Å². The van der Waals surface area contributed by atoms with Gasteiger partial charge in [0.25, 0.3) is 5.91 Å². The number of carbonyl (C=O) groups is 1. The molecule has 4 nitrogen and oxygen atoms in total. The molecule has 3 rings (SSSR count). The van der Waals surface area contributed by atoms with E-state index in [2.05, 4.69) is 14.1 Å². The number of hydrogen-bond donors (Lipinski definition) is 1. The molecule has 0 unspecified atom stereocenters. The van der Waals surface area contributed by atoms with E-state index < -0.39 is 0 Å². The highest BCUT2D eigenvalue weighted by Crippen LogP contribution is 2.35. The summed E-state index contributed by atoms with van der Waals surface area (Å²) in [5.41, 5.74) is 1.99. The molecule has 20 heavy (non-hydrogen) atoms. The van der Waals surface area contributed by atoms with Crippen molar-refractivity contribution in [2.75, 3.05) is 5.32 Å². The van der Waals surface area contributed by atoms with Crippen LogP contribution >= 0.6 is 34.9 Å². The molecule has 7 heteroatoms. The lowest BCUT2D eigenvalue weighted by Crippen LogP contribution is -2.12. The zero-order chi connectivity index (χ0) is 14.1. The van der Waals surface area contributed by atoms with Gasteiger partial charge in [-0.05, 0) is 18.2 Å². The van der Waals surface area contributed by atoms with Crippen LogP contribution in [0.5, 0.6) is 0 Å². The van der Waals surface area contributed by atoms with E-state index in [1.54, 1.807) is 30.3 Å². The number of halogens is 2. The molecule has 100 valence electrons. The molecular formula is C13H7Cl2N3OS. The summed E-state index contributed by atoms with van der Waals surface area (Å²) in [7, 11) is 0. The minimum atomic E-state index is -0.260. The summed E-state index contributed by atoms with van der Waals surface area (Å²) in [6.45, 7) is 0. The summed E-state index contributed by atoms with van der Waals surface area (Å²) >= 11 is 13.2. The number of fused-ring (bicyclic) bond motifs is 1. The van der Waals surface area contributed by atoms with E-state index in [1.165, 1.54) is 0 Å². The minimum Gasteiger partial charge on any atom is -0.319 e. The van der Waals surface area contributed by atoms with Crippen LogP contribution in [0.15, 0.2) is 36.4 Å². The van der Waals surface area contributed by atoms with E-state index in [4.69, 9.17) is 23.2 Å². The zero-order valence-electron chi connectivity index (χ0n) is 9.93. The Morgan fingerprint density at radius 2 is 1.75 bits per heavy atom. The third-order valence-electron chi connectivity index (χ3n) is 2.72. The monoisotopic (exact) mass is 323 g/mol. The topological polar surface area (TPSA) is 54.9 Å². The van der Waals surface area contributed by atoms with Gasteiger partial charge in [-0.1, -0.05) is 41.4 Å². The first-order valence-corrected chi connectivity index (χ1v) is 7.12.